The summed E-state index contributed by atoms with van der Waals surface area (Å²) in [6.07, 6.45) is 6.78. The molecule has 1 saturated carbocycles. The van der Waals surface area contributed by atoms with Crippen LogP contribution in [0.4, 0.5) is 0 Å². The third kappa shape index (κ3) is 5.85. The van der Waals surface area contributed by atoms with Crippen LogP contribution in [0.1, 0.15) is 38.5 Å². The van der Waals surface area contributed by atoms with Crippen molar-refractivity contribution in [1.29, 1.82) is 0 Å². The molecule has 0 radical (unpaired) electrons. The molecule has 16 heavy (non-hydrogen) atoms. The second kappa shape index (κ2) is 8.99. The highest BCUT2D eigenvalue weighted by Crippen LogP contribution is 2.23. The Morgan fingerprint density at radius 2 is 2.00 bits per heavy atom. The first-order valence-electron chi connectivity index (χ1n) is 6.26. The number of ether oxygens (including phenoxy) is 1. The zero-order valence-electron chi connectivity index (χ0n) is 9.84. The van der Waals surface area contributed by atoms with E-state index in [-0.39, 0.29) is 11.8 Å². The van der Waals surface area contributed by atoms with Gasteiger partial charge in [-0.25, -0.2) is 0 Å². The van der Waals surface area contributed by atoms with Gasteiger partial charge < -0.3 is 10.1 Å². The highest BCUT2D eigenvalue weighted by Gasteiger charge is 2.20. The van der Waals surface area contributed by atoms with Crippen LogP contribution in [0, 0.1) is 5.92 Å². The minimum Gasteiger partial charge on any atom is -0.381 e. The molecule has 0 saturated heterocycles. The van der Waals surface area contributed by atoms with Gasteiger partial charge in [-0.2, -0.15) is 0 Å². The monoisotopic (exact) mass is 291 g/mol. The molecule has 3 nitrogen and oxygen atoms in total. The molecule has 0 heterocycles. The molecule has 1 rings (SSSR count). The molecular formula is C12H22BrNO2. The molecule has 0 bridgehead atoms. The minimum absolute atomic E-state index is 0.250. The summed E-state index contributed by atoms with van der Waals surface area (Å²) >= 11 is 3.30. The number of hydrogen-bond donors (Lipinski definition) is 1. The Morgan fingerprint density at radius 3 is 2.69 bits per heavy atom. The lowest BCUT2D eigenvalue weighted by atomic mass is 9.89. The van der Waals surface area contributed by atoms with Crippen LogP contribution < -0.4 is 5.32 Å². The third-order valence-electron chi connectivity index (χ3n) is 2.96. The molecule has 0 spiro atoms. The van der Waals surface area contributed by atoms with E-state index in [9.17, 15) is 4.79 Å². The fourth-order valence-corrected chi connectivity index (χ4v) is 2.28. The lowest BCUT2D eigenvalue weighted by molar-refractivity contribution is -0.125. The van der Waals surface area contributed by atoms with Gasteiger partial charge in [0.05, 0.1) is 6.61 Å². The molecule has 0 aliphatic heterocycles. The van der Waals surface area contributed by atoms with Crippen LogP contribution in [0.15, 0.2) is 0 Å². The second-order valence-corrected chi connectivity index (χ2v) is 5.07. The van der Waals surface area contributed by atoms with Crippen molar-refractivity contribution in [1.82, 2.24) is 5.32 Å². The average Bonchev–Trinajstić information content (AvgIpc) is 2.34. The van der Waals surface area contributed by atoms with Crippen LogP contribution in [0.3, 0.4) is 0 Å². The molecule has 1 aliphatic carbocycles. The SMILES string of the molecule is O=C(NCCCOCCBr)C1CCCCC1. The van der Waals surface area contributed by atoms with E-state index in [1.807, 2.05) is 0 Å². The van der Waals surface area contributed by atoms with Gasteiger partial charge in [-0.05, 0) is 19.3 Å². The number of amides is 1. The van der Waals surface area contributed by atoms with Crippen molar-refractivity contribution >= 4 is 21.8 Å². The van der Waals surface area contributed by atoms with Gasteiger partial charge in [0.25, 0.3) is 0 Å². The van der Waals surface area contributed by atoms with Crippen LogP contribution in [0.5, 0.6) is 0 Å². The van der Waals surface area contributed by atoms with Gasteiger partial charge >= 0.3 is 0 Å². The zero-order chi connectivity index (χ0) is 11.6. The molecule has 1 aliphatic rings. The van der Waals surface area contributed by atoms with Gasteiger partial charge in [-0.1, -0.05) is 35.2 Å². The second-order valence-electron chi connectivity index (χ2n) is 4.28. The van der Waals surface area contributed by atoms with Crippen molar-refractivity contribution in [3.8, 4) is 0 Å². The standard InChI is InChI=1S/C12H22BrNO2/c13-7-10-16-9-4-8-14-12(15)11-5-2-1-3-6-11/h11H,1-10H2,(H,14,15). The summed E-state index contributed by atoms with van der Waals surface area (Å²) in [5.41, 5.74) is 0. The molecule has 1 N–H and O–H groups in total. The summed E-state index contributed by atoms with van der Waals surface area (Å²) in [5.74, 6) is 0.525. The number of halogens is 1. The van der Waals surface area contributed by atoms with Crippen molar-refractivity contribution in [2.45, 2.75) is 38.5 Å². The molecule has 1 amide bonds. The maximum absolute atomic E-state index is 11.7. The first kappa shape index (κ1) is 14.0. The normalized spacial score (nSPS) is 17.3. The Hall–Kier alpha value is -0.0900. The number of alkyl halides is 1. The van der Waals surface area contributed by atoms with Crippen molar-refractivity contribution < 1.29 is 9.53 Å². The summed E-state index contributed by atoms with van der Waals surface area (Å²) in [7, 11) is 0. The molecule has 94 valence electrons. The van der Waals surface area contributed by atoms with Crippen LogP contribution in [-0.2, 0) is 9.53 Å². The predicted molar refractivity (Wildman–Crippen MR) is 68.8 cm³/mol. The van der Waals surface area contributed by atoms with Crippen molar-refractivity contribution in [3.05, 3.63) is 0 Å². The first-order valence-corrected chi connectivity index (χ1v) is 7.38. The van der Waals surface area contributed by atoms with Crippen molar-refractivity contribution in [2.75, 3.05) is 25.1 Å². The summed E-state index contributed by atoms with van der Waals surface area (Å²) in [6.45, 7) is 2.23. The Bertz CT molecular complexity index is 193. The Balaban J connectivity index is 1.97. The van der Waals surface area contributed by atoms with Gasteiger partial charge in [0.15, 0.2) is 0 Å². The molecule has 0 atom stereocenters. The van der Waals surface area contributed by atoms with E-state index in [2.05, 4.69) is 21.2 Å². The van der Waals surface area contributed by atoms with Gasteiger partial charge in [0.1, 0.15) is 0 Å². The first-order chi connectivity index (χ1) is 7.84. The highest BCUT2D eigenvalue weighted by molar-refractivity contribution is 9.09. The quantitative estimate of drug-likeness (QED) is 0.578. The summed E-state index contributed by atoms with van der Waals surface area (Å²) in [6, 6.07) is 0. The fraction of sp³-hybridized carbons (Fsp3) is 0.917. The summed E-state index contributed by atoms with van der Waals surface area (Å²) in [4.78, 5) is 11.7. The van der Waals surface area contributed by atoms with Crippen LogP contribution in [-0.4, -0.2) is 31.0 Å². The van der Waals surface area contributed by atoms with Gasteiger partial charge in [0.2, 0.25) is 5.91 Å². The average molecular weight is 292 g/mol. The predicted octanol–water partition coefficient (Wildman–Crippen LogP) is 2.48. The maximum atomic E-state index is 11.7. The van der Waals surface area contributed by atoms with Crippen LogP contribution in [0.25, 0.3) is 0 Å². The number of hydrogen-bond acceptors (Lipinski definition) is 2. The molecule has 0 unspecified atom stereocenters. The topological polar surface area (TPSA) is 38.3 Å². The highest BCUT2D eigenvalue weighted by atomic mass is 79.9. The van der Waals surface area contributed by atoms with E-state index in [1.165, 1.54) is 19.3 Å². The fourth-order valence-electron chi connectivity index (χ4n) is 2.05. The van der Waals surface area contributed by atoms with E-state index in [0.29, 0.717) is 0 Å². The largest absolute Gasteiger partial charge is 0.381 e. The van der Waals surface area contributed by atoms with Crippen molar-refractivity contribution in [3.63, 3.8) is 0 Å². The summed E-state index contributed by atoms with van der Waals surface area (Å²) in [5, 5.41) is 3.88. The lowest BCUT2D eigenvalue weighted by Crippen LogP contribution is -2.33. The molecule has 1 fully saturated rings. The van der Waals surface area contributed by atoms with Gasteiger partial charge in [0, 0.05) is 24.4 Å². The zero-order valence-corrected chi connectivity index (χ0v) is 11.4. The number of carbonyl (C=O) groups excluding carboxylic acids is 1. The van der Waals surface area contributed by atoms with Crippen LogP contribution in [0.2, 0.25) is 0 Å². The lowest BCUT2D eigenvalue weighted by Gasteiger charge is -2.20. The Labute approximate surface area is 106 Å². The van der Waals surface area contributed by atoms with Gasteiger partial charge in [-0.15, -0.1) is 0 Å². The molecular weight excluding hydrogens is 270 g/mol. The van der Waals surface area contributed by atoms with E-state index in [0.717, 1.165) is 44.4 Å². The smallest absolute Gasteiger partial charge is 0.223 e. The molecule has 0 aromatic carbocycles. The van der Waals surface area contributed by atoms with E-state index in [4.69, 9.17) is 4.74 Å². The third-order valence-corrected chi connectivity index (χ3v) is 3.29. The number of rotatable bonds is 7. The summed E-state index contributed by atoms with van der Waals surface area (Å²) < 4.78 is 5.31. The minimum atomic E-state index is 0.250. The van der Waals surface area contributed by atoms with E-state index in [1.54, 1.807) is 0 Å². The van der Waals surface area contributed by atoms with Crippen molar-refractivity contribution in [2.24, 2.45) is 5.92 Å². The molecule has 4 heteroatoms. The Morgan fingerprint density at radius 1 is 1.25 bits per heavy atom. The number of nitrogens with one attached hydrogen (secondary N) is 1. The molecule has 0 aromatic heterocycles. The maximum Gasteiger partial charge on any atom is 0.223 e. The van der Waals surface area contributed by atoms with E-state index < -0.39 is 0 Å². The number of carbonyl (C=O) groups is 1. The van der Waals surface area contributed by atoms with Gasteiger partial charge in [-0.3, -0.25) is 4.79 Å². The van der Waals surface area contributed by atoms with E-state index >= 15 is 0 Å². The van der Waals surface area contributed by atoms with Crippen LogP contribution >= 0.6 is 15.9 Å². The molecule has 0 aromatic rings. The Kier molecular flexibility index (Phi) is 7.85.